The van der Waals surface area contributed by atoms with Gasteiger partial charge in [-0.3, -0.25) is 9.59 Å². The summed E-state index contributed by atoms with van der Waals surface area (Å²) in [6.45, 7) is 1.48. The van der Waals surface area contributed by atoms with Gasteiger partial charge in [-0.05, 0) is 31.0 Å². The fraction of sp³-hybridized carbons (Fsp3) is 0.250. The normalized spacial score (nSPS) is 15.1. The van der Waals surface area contributed by atoms with Crippen molar-refractivity contribution in [2.45, 2.75) is 12.8 Å². The zero-order valence-electron chi connectivity index (χ0n) is 15.5. The summed E-state index contributed by atoms with van der Waals surface area (Å²) in [4.78, 5) is 34.3. The summed E-state index contributed by atoms with van der Waals surface area (Å²) in [7, 11) is 0. The number of nitrogens with zero attached hydrogens (tertiary/aromatic N) is 4. The minimum absolute atomic E-state index is 0.111. The smallest absolute Gasteiger partial charge is 0.272 e. The van der Waals surface area contributed by atoms with E-state index in [4.69, 9.17) is 0 Å². The predicted octanol–water partition coefficient (Wildman–Crippen LogP) is 2.78. The van der Waals surface area contributed by atoms with Gasteiger partial charge < -0.3 is 15.2 Å². The molecular formula is C20H18N6O2S. The first-order valence-electron chi connectivity index (χ1n) is 9.44. The molecule has 0 saturated carbocycles. The zero-order valence-corrected chi connectivity index (χ0v) is 16.3. The molecular weight excluding hydrogens is 388 g/mol. The van der Waals surface area contributed by atoms with Gasteiger partial charge in [0.05, 0.1) is 17.4 Å². The van der Waals surface area contributed by atoms with E-state index in [1.807, 2.05) is 30.3 Å². The number of fused-ring (bicyclic) bond motifs is 2. The summed E-state index contributed by atoms with van der Waals surface area (Å²) in [6, 6.07) is 11.2. The van der Waals surface area contributed by atoms with E-state index in [0.29, 0.717) is 24.2 Å². The summed E-state index contributed by atoms with van der Waals surface area (Å²) >= 11 is 1.15. The molecule has 146 valence electrons. The van der Waals surface area contributed by atoms with Crippen LogP contribution in [0.2, 0.25) is 0 Å². The van der Waals surface area contributed by atoms with Crippen molar-refractivity contribution in [2.24, 2.45) is 5.92 Å². The molecule has 1 aromatic carbocycles. The van der Waals surface area contributed by atoms with E-state index < -0.39 is 0 Å². The van der Waals surface area contributed by atoms with Crippen molar-refractivity contribution >= 4 is 51.1 Å². The lowest BCUT2D eigenvalue weighted by atomic mass is 9.95. The van der Waals surface area contributed by atoms with Gasteiger partial charge >= 0.3 is 0 Å². The van der Waals surface area contributed by atoms with Gasteiger partial charge in [0.2, 0.25) is 5.91 Å². The number of amides is 1. The quantitative estimate of drug-likeness (QED) is 0.542. The number of pyridine rings is 2. The van der Waals surface area contributed by atoms with Gasteiger partial charge in [0.25, 0.3) is 5.56 Å². The maximum absolute atomic E-state index is 12.8. The molecule has 0 aliphatic carbocycles. The Balaban J connectivity index is 1.29. The minimum atomic E-state index is -0.287. The summed E-state index contributed by atoms with van der Waals surface area (Å²) in [5, 5.41) is 3.71. The highest BCUT2D eigenvalue weighted by atomic mass is 32.1. The van der Waals surface area contributed by atoms with Crippen LogP contribution in [0.1, 0.15) is 12.8 Å². The van der Waals surface area contributed by atoms with E-state index in [1.54, 1.807) is 12.3 Å². The number of rotatable bonds is 3. The number of carbonyl (C=O) groups excluding carboxylic acids is 1. The molecule has 1 amide bonds. The average Bonchev–Trinajstić information content (AvgIpc) is 3.23. The number of anilines is 2. The molecule has 4 aromatic rings. The number of aromatic nitrogens is 4. The molecule has 5 rings (SSSR count). The van der Waals surface area contributed by atoms with Gasteiger partial charge in [-0.25, -0.2) is 4.98 Å². The fourth-order valence-corrected chi connectivity index (χ4v) is 4.31. The summed E-state index contributed by atoms with van der Waals surface area (Å²) in [5.74, 6) is -0.247. The van der Waals surface area contributed by atoms with E-state index in [9.17, 15) is 9.59 Å². The first-order chi connectivity index (χ1) is 14.2. The lowest BCUT2D eigenvalue weighted by Gasteiger charge is -2.32. The van der Waals surface area contributed by atoms with Crippen molar-refractivity contribution in [2.75, 3.05) is 23.3 Å². The molecule has 9 heteroatoms. The Morgan fingerprint density at radius 1 is 1.17 bits per heavy atom. The molecule has 1 aliphatic heterocycles. The number of aromatic amines is 1. The number of hydrogen-bond donors (Lipinski definition) is 2. The first-order valence-corrected chi connectivity index (χ1v) is 10.2. The molecule has 1 fully saturated rings. The van der Waals surface area contributed by atoms with Crippen LogP contribution in [0, 0.1) is 5.92 Å². The van der Waals surface area contributed by atoms with Crippen LogP contribution < -0.4 is 15.8 Å². The molecule has 0 unspecified atom stereocenters. The van der Waals surface area contributed by atoms with Crippen LogP contribution in [0.5, 0.6) is 0 Å². The molecule has 4 heterocycles. The molecule has 29 heavy (non-hydrogen) atoms. The van der Waals surface area contributed by atoms with Crippen LogP contribution in [-0.2, 0) is 4.79 Å². The highest BCUT2D eigenvalue weighted by Gasteiger charge is 2.27. The van der Waals surface area contributed by atoms with Gasteiger partial charge in [-0.2, -0.15) is 8.75 Å². The summed E-state index contributed by atoms with van der Waals surface area (Å²) in [5.41, 5.74) is 3.23. The Kier molecular flexibility index (Phi) is 4.44. The fourth-order valence-electron chi connectivity index (χ4n) is 3.80. The van der Waals surface area contributed by atoms with E-state index >= 15 is 0 Å². The standard InChI is InChI=1S/C20H18N6O2S/c27-19(23-15-11-13-3-1-2-4-14(13)22-20(15)28)12-6-9-26(10-7-12)16-5-8-21-18-17(16)24-29-25-18/h1-5,8,11-12H,6-7,9-10H2,(H,22,28)(H,23,27). The number of para-hydroxylation sites is 1. The molecule has 0 radical (unpaired) electrons. The third-order valence-corrected chi connectivity index (χ3v) is 5.88. The maximum atomic E-state index is 12.8. The molecule has 8 nitrogen and oxygen atoms in total. The highest BCUT2D eigenvalue weighted by molar-refractivity contribution is 7.00. The van der Waals surface area contributed by atoms with Gasteiger partial charge in [0.1, 0.15) is 11.2 Å². The van der Waals surface area contributed by atoms with Gasteiger partial charge in [0, 0.05) is 36.1 Å². The zero-order chi connectivity index (χ0) is 19.8. The van der Waals surface area contributed by atoms with Crippen LogP contribution in [0.15, 0.2) is 47.4 Å². The average molecular weight is 406 g/mol. The molecule has 1 aliphatic rings. The number of piperidine rings is 1. The third kappa shape index (κ3) is 3.33. The first kappa shape index (κ1) is 17.7. The SMILES string of the molecule is O=C(Nc1cc2ccccc2[nH]c1=O)C1CCN(c2ccnc3nsnc23)CC1. The second-order valence-corrected chi connectivity index (χ2v) is 7.64. The molecule has 2 N–H and O–H groups in total. The van der Waals surface area contributed by atoms with E-state index in [-0.39, 0.29) is 17.4 Å². The lowest BCUT2D eigenvalue weighted by molar-refractivity contribution is -0.120. The predicted molar refractivity (Wildman–Crippen MR) is 113 cm³/mol. The number of nitrogens with one attached hydrogen (secondary N) is 2. The number of hydrogen-bond acceptors (Lipinski definition) is 7. The van der Waals surface area contributed by atoms with Crippen molar-refractivity contribution in [3.05, 3.63) is 52.9 Å². The second-order valence-electron chi connectivity index (χ2n) is 7.12. The summed E-state index contributed by atoms with van der Waals surface area (Å²) < 4.78 is 8.54. The Hall–Kier alpha value is -3.33. The van der Waals surface area contributed by atoms with Gasteiger partial charge in [-0.1, -0.05) is 18.2 Å². The van der Waals surface area contributed by atoms with Crippen molar-refractivity contribution in [3.63, 3.8) is 0 Å². The molecule has 3 aromatic heterocycles. The van der Waals surface area contributed by atoms with Crippen LogP contribution in [0.4, 0.5) is 11.4 Å². The van der Waals surface area contributed by atoms with Crippen LogP contribution >= 0.6 is 11.7 Å². The number of H-pyrrole nitrogens is 1. The topological polar surface area (TPSA) is 104 Å². The highest BCUT2D eigenvalue weighted by Crippen LogP contribution is 2.28. The lowest BCUT2D eigenvalue weighted by Crippen LogP contribution is -2.38. The number of carbonyl (C=O) groups is 1. The van der Waals surface area contributed by atoms with Crippen molar-refractivity contribution in [1.29, 1.82) is 0 Å². The van der Waals surface area contributed by atoms with Crippen molar-refractivity contribution < 1.29 is 4.79 Å². The van der Waals surface area contributed by atoms with Crippen LogP contribution in [0.3, 0.4) is 0 Å². The Morgan fingerprint density at radius 3 is 2.86 bits per heavy atom. The molecule has 0 bridgehead atoms. The number of benzene rings is 1. The van der Waals surface area contributed by atoms with Gasteiger partial charge in [0.15, 0.2) is 5.65 Å². The molecule has 1 saturated heterocycles. The third-order valence-electron chi connectivity index (χ3n) is 5.36. The van der Waals surface area contributed by atoms with Crippen molar-refractivity contribution in [3.8, 4) is 0 Å². The van der Waals surface area contributed by atoms with E-state index in [2.05, 4.69) is 28.9 Å². The Morgan fingerprint density at radius 2 is 2.00 bits per heavy atom. The van der Waals surface area contributed by atoms with Gasteiger partial charge in [-0.15, -0.1) is 0 Å². The monoisotopic (exact) mass is 406 g/mol. The minimum Gasteiger partial charge on any atom is -0.370 e. The van der Waals surface area contributed by atoms with E-state index in [1.165, 1.54) is 0 Å². The van der Waals surface area contributed by atoms with Crippen molar-refractivity contribution in [1.82, 2.24) is 18.7 Å². The second kappa shape index (κ2) is 7.25. The Labute approximate surface area is 169 Å². The Bertz CT molecular complexity index is 1260. The summed E-state index contributed by atoms with van der Waals surface area (Å²) in [6.07, 6.45) is 3.15. The van der Waals surface area contributed by atoms with Crippen LogP contribution in [-0.4, -0.2) is 37.7 Å². The largest absolute Gasteiger partial charge is 0.370 e. The molecule has 0 atom stereocenters. The van der Waals surface area contributed by atoms with Crippen LogP contribution in [0.25, 0.3) is 22.1 Å². The van der Waals surface area contributed by atoms with E-state index in [0.717, 1.165) is 46.9 Å². The molecule has 0 spiro atoms. The maximum Gasteiger partial charge on any atom is 0.272 e.